The smallest absolute Gasteiger partial charge is 0.324 e. The molecule has 1 aromatic carbocycles. The van der Waals surface area contributed by atoms with Gasteiger partial charge in [0.2, 0.25) is 5.78 Å². The molecule has 0 aromatic heterocycles. The molecule has 2 amide bonds. The number of benzene rings is 1. The van der Waals surface area contributed by atoms with Crippen molar-refractivity contribution in [2.45, 2.75) is 6.92 Å². The molecule has 0 fully saturated rings. The van der Waals surface area contributed by atoms with Crippen molar-refractivity contribution in [2.24, 2.45) is 5.73 Å². The maximum absolute atomic E-state index is 12.1. The number of urea groups is 1. The molecule has 0 radical (unpaired) electrons. The number of phenolic OH excluding ortho intramolecular Hbond substituents is 1. The van der Waals surface area contributed by atoms with E-state index in [1.54, 1.807) is 6.92 Å². The molecule has 0 saturated heterocycles. The number of anilines is 1. The third kappa shape index (κ3) is 2.80. The van der Waals surface area contributed by atoms with Crippen LogP contribution < -0.4 is 10.6 Å². The van der Waals surface area contributed by atoms with E-state index >= 15 is 0 Å². The Balaban J connectivity index is 2.55. The number of primary amides is 1. The van der Waals surface area contributed by atoms with Gasteiger partial charge in [-0.15, -0.1) is 0 Å². The van der Waals surface area contributed by atoms with E-state index in [9.17, 15) is 14.7 Å². The molecule has 0 heterocycles. The van der Waals surface area contributed by atoms with Gasteiger partial charge in [0.25, 0.3) is 0 Å². The summed E-state index contributed by atoms with van der Waals surface area (Å²) in [6.45, 7) is 1.62. The molecule has 7 heteroatoms. The first-order chi connectivity index (χ1) is 9.81. The quantitative estimate of drug-likeness (QED) is 0.730. The van der Waals surface area contributed by atoms with E-state index < -0.39 is 11.8 Å². The Morgan fingerprint density at radius 1 is 1.38 bits per heavy atom. The molecule has 1 aliphatic carbocycles. The fraction of sp³-hybridized carbons (Fsp3) is 0.0714. The maximum Gasteiger partial charge on any atom is 0.324 e. The Bertz CT molecular complexity index is 722. The van der Waals surface area contributed by atoms with E-state index in [1.807, 2.05) is 0 Å². The molecular weight excluding hydrogens is 294 g/mol. The predicted molar refractivity (Wildman–Crippen MR) is 79.8 cm³/mol. The van der Waals surface area contributed by atoms with E-state index in [0.29, 0.717) is 5.57 Å². The van der Waals surface area contributed by atoms with Crippen molar-refractivity contribution < 1.29 is 14.7 Å². The molecule has 2 rings (SSSR count). The highest BCUT2D eigenvalue weighted by Crippen LogP contribution is 2.32. The first-order valence-electron chi connectivity index (χ1n) is 5.92. The largest absolute Gasteiger partial charge is 0.508 e. The van der Waals surface area contributed by atoms with Crippen molar-refractivity contribution >= 4 is 34.8 Å². The number of ketones is 1. The number of hydrogen-bond acceptors (Lipinski definition) is 4. The number of amides is 2. The SMILES string of the molecule is CC1=CC(=O)C(N(C(N)=O)c2ccc(O)cc2Cl)=CC1=N. The van der Waals surface area contributed by atoms with Crippen LogP contribution >= 0.6 is 11.6 Å². The third-order valence-electron chi connectivity index (χ3n) is 2.94. The van der Waals surface area contributed by atoms with E-state index in [0.717, 1.165) is 4.90 Å². The summed E-state index contributed by atoms with van der Waals surface area (Å²) in [6.07, 6.45) is 2.51. The van der Waals surface area contributed by atoms with Crippen LogP contribution in [0.4, 0.5) is 10.5 Å². The Morgan fingerprint density at radius 2 is 2.05 bits per heavy atom. The fourth-order valence-corrected chi connectivity index (χ4v) is 2.15. The van der Waals surface area contributed by atoms with Crippen molar-refractivity contribution in [2.75, 3.05) is 4.90 Å². The lowest BCUT2D eigenvalue weighted by Crippen LogP contribution is -2.39. The summed E-state index contributed by atoms with van der Waals surface area (Å²) in [4.78, 5) is 24.7. The summed E-state index contributed by atoms with van der Waals surface area (Å²) >= 11 is 5.98. The van der Waals surface area contributed by atoms with Crippen LogP contribution in [0.1, 0.15) is 6.92 Å². The zero-order chi connectivity index (χ0) is 15.7. The number of allylic oxidation sites excluding steroid dienone is 3. The molecule has 0 aliphatic heterocycles. The standard InChI is InChI=1S/C14H12ClN3O3/c1-7-4-13(20)12(6-10(7)16)18(14(17)21)11-3-2-8(19)5-9(11)15/h2-6,16,19H,1H3,(H2,17,21). The summed E-state index contributed by atoms with van der Waals surface area (Å²) in [5.41, 5.74) is 6.01. The van der Waals surface area contributed by atoms with Gasteiger partial charge in [0.15, 0.2) is 0 Å². The van der Waals surface area contributed by atoms with Gasteiger partial charge in [-0.2, -0.15) is 0 Å². The van der Waals surface area contributed by atoms with Crippen LogP contribution in [-0.4, -0.2) is 22.6 Å². The van der Waals surface area contributed by atoms with Crippen molar-refractivity contribution in [3.63, 3.8) is 0 Å². The minimum Gasteiger partial charge on any atom is -0.508 e. The first kappa shape index (κ1) is 14.8. The molecule has 0 atom stereocenters. The van der Waals surface area contributed by atoms with Gasteiger partial charge in [-0.3, -0.25) is 9.69 Å². The Labute approximate surface area is 125 Å². The Hall–Kier alpha value is -2.60. The second-order valence-electron chi connectivity index (χ2n) is 4.44. The maximum atomic E-state index is 12.1. The van der Waals surface area contributed by atoms with E-state index in [2.05, 4.69) is 0 Å². The second kappa shape index (κ2) is 5.41. The summed E-state index contributed by atoms with van der Waals surface area (Å²) in [7, 11) is 0. The molecule has 21 heavy (non-hydrogen) atoms. The van der Waals surface area contributed by atoms with Crippen LogP contribution in [-0.2, 0) is 4.79 Å². The monoisotopic (exact) mass is 305 g/mol. The van der Waals surface area contributed by atoms with Gasteiger partial charge in [0, 0.05) is 6.07 Å². The normalized spacial score (nSPS) is 14.6. The topological polar surface area (TPSA) is 107 Å². The number of halogens is 1. The average Bonchev–Trinajstić information content (AvgIpc) is 2.38. The molecule has 0 spiro atoms. The summed E-state index contributed by atoms with van der Waals surface area (Å²) in [6, 6.07) is 3.00. The van der Waals surface area contributed by atoms with Gasteiger partial charge in [0.1, 0.15) is 11.4 Å². The molecule has 1 aromatic rings. The fourth-order valence-electron chi connectivity index (χ4n) is 1.89. The number of nitrogens with zero attached hydrogens (tertiary/aromatic N) is 1. The number of phenols is 1. The minimum atomic E-state index is -0.914. The Morgan fingerprint density at radius 3 is 2.62 bits per heavy atom. The van der Waals surface area contributed by atoms with E-state index in [-0.39, 0.29) is 27.9 Å². The number of nitrogens with one attached hydrogen (secondary N) is 1. The molecule has 1 aliphatic rings. The lowest BCUT2D eigenvalue weighted by Gasteiger charge is -2.25. The number of hydrogen-bond donors (Lipinski definition) is 3. The third-order valence-corrected chi connectivity index (χ3v) is 3.24. The van der Waals surface area contributed by atoms with Gasteiger partial charge < -0.3 is 16.2 Å². The molecule has 108 valence electrons. The highest BCUT2D eigenvalue weighted by Gasteiger charge is 2.27. The van der Waals surface area contributed by atoms with Gasteiger partial charge in [-0.25, -0.2) is 4.79 Å². The highest BCUT2D eigenvalue weighted by molar-refractivity contribution is 6.35. The highest BCUT2D eigenvalue weighted by atomic mass is 35.5. The van der Waals surface area contributed by atoms with Crippen LogP contribution in [0.2, 0.25) is 5.02 Å². The van der Waals surface area contributed by atoms with Crippen molar-refractivity contribution in [1.82, 2.24) is 0 Å². The van der Waals surface area contributed by atoms with Gasteiger partial charge in [-0.05, 0) is 36.8 Å². The number of aromatic hydroxyl groups is 1. The molecule has 6 nitrogen and oxygen atoms in total. The summed E-state index contributed by atoms with van der Waals surface area (Å²) < 4.78 is 0. The van der Waals surface area contributed by atoms with Crippen molar-refractivity contribution in [3.8, 4) is 5.75 Å². The molecular formula is C14H12ClN3O3. The predicted octanol–water partition coefficient (Wildman–Crippen LogP) is 2.36. The summed E-state index contributed by atoms with van der Waals surface area (Å²) in [5, 5.41) is 17.2. The molecule has 4 N–H and O–H groups in total. The number of carbonyl (C=O) groups is 2. The van der Waals surface area contributed by atoms with Crippen molar-refractivity contribution in [3.05, 3.63) is 46.6 Å². The zero-order valence-corrected chi connectivity index (χ0v) is 11.8. The van der Waals surface area contributed by atoms with Crippen LogP contribution in [0.5, 0.6) is 5.75 Å². The molecule has 0 bridgehead atoms. The average molecular weight is 306 g/mol. The number of carbonyl (C=O) groups excluding carboxylic acids is 2. The molecule has 0 saturated carbocycles. The summed E-state index contributed by atoms with van der Waals surface area (Å²) in [5.74, 6) is -0.535. The molecule has 0 unspecified atom stereocenters. The first-order valence-corrected chi connectivity index (χ1v) is 6.30. The lowest BCUT2D eigenvalue weighted by molar-refractivity contribution is -0.111. The minimum absolute atomic E-state index is 0.0558. The van der Waals surface area contributed by atoms with E-state index in [4.69, 9.17) is 22.7 Å². The number of rotatable bonds is 2. The lowest BCUT2D eigenvalue weighted by atomic mass is 10.0. The Kier molecular flexibility index (Phi) is 3.82. The van der Waals surface area contributed by atoms with Crippen molar-refractivity contribution in [1.29, 1.82) is 5.41 Å². The van der Waals surface area contributed by atoms with Crippen LogP contribution in [0, 0.1) is 5.41 Å². The van der Waals surface area contributed by atoms with Crippen LogP contribution in [0.15, 0.2) is 41.6 Å². The second-order valence-corrected chi connectivity index (χ2v) is 4.85. The van der Waals surface area contributed by atoms with E-state index in [1.165, 1.54) is 30.4 Å². The number of nitrogens with two attached hydrogens (primary N) is 1. The van der Waals surface area contributed by atoms with Crippen LogP contribution in [0.25, 0.3) is 0 Å². The van der Waals surface area contributed by atoms with Crippen LogP contribution in [0.3, 0.4) is 0 Å². The van der Waals surface area contributed by atoms with Gasteiger partial charge in [0.05, 0.1) is 16.4 Å². The van der Waals surface area contributed by atoms with Gasteiger partial charge in [-0.1, -0.05) is 11.6 Å². The zero-order valence-electron chi connectivity index (χ0n) is 11.1. The van der Waals surface area contributed by atoms with Gasteiger partial charge >= 0.3 is 6.03 Å².